The lowest BCUT2D eigenvalue weighted by Crippen LogP contribution is -2.32. The number of hydrogen-bond donors (Lipinski definition) is 1. The third-order valence-corrected chi connectivity index (χ3v) is 6.66. The van der Waals surface area contributed by atoms with Crippen molar-refractivity contribution >= 4 is 11.3 Å². The van der Waals surface area contributed by atoms with Crippen molar-refractivity contribution in [3.63, 3.8) is 0 Å². The number of allylic oxidation sites excluding steroid dienone is 1. The molecule has 0 saturated heterocycles. The first-order valence-corrected chi connectivity index (χ1v) is 11.6. The van der Waals surface area contributed by atoms with Crippen LogP contribution >= 0.6 is 0 Å². The van der Waals surface area contributed by atoms with E-state index in [1.54, 1.807) is 0 Å². The fraction of sp³-hybridized carbons (Fsp3) is 0.161. The van der Waals surface area contributed by atoms with E-state index in [9.17, 15) is 0 Å². The smallest absolute Gasteiger partial charge is 0.150 e. The highest BCUT2D eigenvalue weighted by molar-refractivity contribution is 5.95. The fourth-order valence-corrected chi connectivity index (χ4v) is 5.45. The first kappa shape index (κ1) is 19.9. The molecule has 0 radical (unpaired) electrons. The number of rotatable bonds is 2. The highest BCUT2D eigenvalue weighted by Crippen LogP contribution is 2.53. The van der Waals surface area contributed by atoms with E-state index in [2.05, 4.69) is 123 Å². The molecule has 6 rings (SSSR count). The highest BCUT2D eigenvalue weighted by atomic mass is 16.5. The predicted octanol–water partition coefficient (Wildman–Crippen LogP) is 8.11. The van der Waals surface area contributed by atoms with Crippen LogP contribution in [0.1, 0.15) is 43.6 Å². The van der Waals surface area contributed by atoms with Crippen LogP contribution in [-0.2, 0) is 0 Å². The molecular formula is C31H27NO. The van der Waals surface area contributed by atoms with Gasteiger partial charge in [0.15, 0.2) is 6.10 Å². The quantitative estimate of drug-likeness (QED) is 0.347. The first-order chi connectivity index (χ1) is 16.0. The summed E-state index contributed by atoms with van der Waals surface area (Å²) in [6, 6.07) is 32.1. The molecule has 1 unspecified atom stereocenters. The van der Waals surface area contributed by atoms with E-state index in [1.165, 1.54) is 50.2 Å². The third-order valence-electron chi connectivity index (χ3n) is 6.66. The maximum Gasteiger partial charge on any atom is 0.150 e. The fourth-order valence-electron chi connectivity index (χ4n) is 5.45. The summed E-state index contributed by atoms with van der Waals surface area (Å²) in [7, 11) is 0. The molecule has 2 aliphatic heterocycles. The molecule has 2 nitrogen and oxygen atoms in total. The van der Waals surface area contributed by atoms with Crippen LogP contribution in [0.2, 0.25) is 0 Å². The summed E-state index contributed by atoms with van der Waals surface area (Å²) in [5.74, 6) is 0.934. The van der Waals surface area contributed by atoms with Crippen LogP contribution in [0.3, 0.4) is 0 Å². The van der Waals surface area contributed by atoms with Crippen molar-refractivity contribution in [3.8, 4) is 28.0 Å². The number of benzene rings is 4. The van der Waals surface area contributed by atoms with Crippen LogP contribution in [-0.4, -0.2) is 5.54 Å². The Hall–Kier alpha value is -3.78. The zero-order chi connectivity index (χ0) is 22.6. The van der Waals surface area contributed by atoms with Gasteiger partial charge in [-0.3, -0.25) is 0 Å². The molecular weight excluding hydrogens is 402 g/mol. The largest absolute Gasteiger partial charge is 0.480 e. The maximum absolute atomic E-state index is 6.82. The first-order valence-electron chi connectivity index (χ1n) is 11.6. The summed E-state index contributed by atoms with van der Waals surface area (Å²) in [6.45, 7) is 6.65. The van der Waals surface area contributed by atoms with Crippen LogP contribution in [0.15, 0.2) is 97.1 Å². The topological polar surface area (TPSA) is 21.3 Å². The molecule has 2 heteroatoms. The van der Waals surface area contributed by atoms with E-state index < -0.39 is 0 Å². The summed E-state index contributed by atoms with van der Waals surface area (Å²) >= 11 is 0. The molecule has 4 aromatic carbocycles. The van der Waals surface area contributed by atoms with Gasteiger partial charge in [0.1, 0.15) is 5.75 Å². The average Bonchev–Trinajstić information content (AvgIpc) is 2.83. The Morgan fingerprint density at radius 1 is 0.727 bits per heavy atom. The van der Waals surface area contributed by atoms with E-state index in [0.717, 1.165) is 5.75 Å². The minimum atomic E-state index is -0.166. The molecule has 2 heterocycles. The summed E-state index contributed by atoms with van der Waals surface area (Å²) < 4.78 is 6.82. The van der Waals surface area contributed by atoms with Crippen LogP contribution < -0.4 is 10.1 Å². The van der Waals surface area contributed by atoms with Crippen molar-refractivity contribution < 1.29 is 4.74 Å². The monoisotopic (exact) mass is 429 g/mol. The Morgan fingerprint density at radius 2 is 1.45 bits per heavy atom. The van der Waals surface area contributed by atoms with Crippen molar-refractivity contribution in [1.29, 1.82) is 0 Å². The van der Waals surface area contributed by atoms with Gasteiger partial charge in [0.25, 0.3) is 0 Å². The van der Waals surface area contributed by atoms with E-state index in [1.807, 2.05) is 0 Å². The molecule has 33 heavy (non-hydrogen) atoms. The number of fused-ring (bicyclic) bond motifs is 5. The normalized spacial score (nSPS) is 17.5. The molecule has 1 atom stereocenters. The third kappa shape index (κ3) is 3.25. The van der Waals surface area contributed by atoms with Crippen molar-refractivity contribution in [2.45, 2.75) is 32.4 Å². The summed E-state index contributed by atoms with van der Waals surface area (Å²) in [5.41, 5.74) is 10.9. The number of hydrogen-bond acceptors (Lipinski definition) is 2. The predicted molar refractivity (Wildman–Crippen MR) is 138 cm³/mol. The van der Waals surface area contributed by atoms with E-state index in [0.29, 0.717) is 0 Å². The Bertz CT molecular complexity index is 1380. The lowest BCUT2D eigenvalue weighted by Gasteiger charge is -2.37. The standard InChI is InChI=1S/C31H27NO/c1-20-19-31(2,3)32-25-18-17-24-28-23(21-11-6-4-7-12-21)15-10-16-26(28)33-30(29(24)27(20)25)22-13-8-5-9-14-22/h4-19,30,32H,1-3H3. The molecule has 162 valence electrons. The van der Waals surface area contributed by atoms with Gasteiger partial charge < -0.3 is 10.1 Å². The summed E-state index contributed by atoms with van der Waals surface area (Å²) in [6.07, 6.45) is 2.16. The van der Waals surface area contributed by atoms with Crippen molar-refractivity contribution in [2.75, 3.05) is 5.32 Å². The number of nitrogens with one attached hydrogen (secondary N) is 1. The molecule has 0 bridgehead atoms. The zero-order valence-electron chi connectivity index (χ0n) is 19.2. The molecule has 0 aromatic heterocycles. The van der Waals surface area contributed by atoms with Gasteiger partial charge in [-0.1, -0.05) is 84.9 Å². The zero-order valence-corrected chi connectivity index (χ0v) is 19.2. The van der Waals surface area contributed by atoms with Gasteiger partial charge in [-0.2, -0.15) is 0 Å². The molecule has 0 fully saturated rings. The van der Waals surface area contributed by atoms with Crippen molar-refractivity contribution in [1.82, 2.24) is 0 Å². The minimum absolute atomic E-state index is 0.0871. The van der Waals surface area contributed by atoms with Gasteiger partial charge in [0.05, 0.1) is 5.54 Å². The molecule has 0 aliphatic carbocycles. The van der Waals surface area contributed by atoms with Crippen LogP contribution in [0.5, 0.6) is 5.75 Å². The van der Waals surface area contributed by atoms with Gasteiger partial charge in [-0.05, 0) is 60.7 Å². The SMILES string of the molecule is CC1=CC(C)(C)Nc2ccc3c(c21)C(c1ccccc1)Oc1cccc(-c2ccccc2)c1-3. The Labute approximate surface area is 195 Å². The van der Waals surface area contributed by atoms with Gasteiger partial charge in [0.2, 0.25) is 0 Å². The van der Waals surface area contributed by atoms with E-state index in [4.69, 9.17) is 4.74 Å². The summed E-state index contributed by atoms with van der Waals surface area (Å²) in [5, 5.41) is 3.73. The molecule has 1 N–H and O–H groups in total. The Morgan fingerprint density at radius 3 is 2.21 bits per heavy atom. The maximum atomic E-state index is 6.82. The minimum Gasteiger partial charge on any atom is -0.480 e. The molecule has 4 aromatic rings. The number of ether oxygens (including phenoxy) is 1. The van der Waals surface area contributed by atoms with Gasteiger partial charge in [-0.25, -0.2) is 0 Å². The lowest BCUT2D eigenvalue weighted by molar-refractivity contribution is 0.243. The molecule has 2 aliphatic rings. The van der Waals surface area contributed by atoms with Gasteiger partial charge in [-0.15, -0.1) is 0 Å². The van der Waals surface area contributed by atoms with E-state index in [-0.39, 0.29) is 11.6 Å². The molecule has 0 amide bonds. The Kier molecular flexibility index (Phi) is 4.45. The van der Waals surface area contributed by atoms with Gasteiger partial charge >= 0.3 is 0 Å². The van der Waals surface area contributed by atoms with Crippen LogP contribution in [0.4, 0.5) is 5.69 Å². The average molecular weight is 430 g/mol. The molecule has 0 saturated carbocycles. The second-order valence-corrected chi connectivity index (χ2v) is 9.58. The highest BCUT2D eigenvalue weighted by Gasteiger charge is 2.35. The Balaban J connectivity index is 1.67. The number of anilines is 1. The lowest BCUT2D eigenvalue weighted by atomic mass is 9.79. The van der Waals surface area contributed by atoms with Crippen LogP contribution in [0, 0.1) is 0 Å². The summed E-state index contributed by atoms with van der Waals surface area (Å²) in [4.78, 5) is 0. The van der Waals surface area contributed by atoms with Gasteiger partial charge in [0, 0.05) is 22.4 Å². The van der Waals surface area contributed by atoms with Crippen molar-refractivity contribution in [2.24, 2.45) is 0 Å². The van der Waals surface area contributed by atoms with E-state index >= 15 is 0 Å². The van der Waals surface area contributed by atoms with Crippen LogP contribution in [0.25, 0.3) is 27.8 Å². The second kappa shape index (κ2) is 7.38. The van der Waals surface area contributed by atoms with Crippen molar-refractivity contribution in [3.05, 3.63) is 114 Å². The molecule has 0 spiro atoms. The second-order valence-electron chi connectivity index (χ2n) is 9.58.